The highest BCUT2D eigenvalue weighted by atomic mass is 32.2. The molecular formula is C15H20N4O4S. The molecule has 0 aliphatic carbocycles. The molecular weight excluding hydrogens is 332 g/mol. The smallest absolute Gasteiger partial charge is 0.248 e. The van der Waals surface area contributed by atoms with Gasteiger partial charge in [-0.1, -0.05) is 5.16 Å². The zero-order valence-corrected chi connectivity index (χ0v) is 14.7. The van der Waals surface area contributed by atoms with E-state index in [9.17, 15) is 8.42 Å². The Hall–Kier alpha value is -2.00. The zero-order chi connectivity index (χ0) is 17.3. The Kier molecular flexibility index (Phi) is 4.55. The van der Waals surface area contributed by atoms with Crippen LogP contribution in [0.15, 0.2) is 21.6 Å². The van der Waals surface area contributed by atoms with Gasteiger partial charge in [-0.2, -0.15) is 9.40 Å². The van der Waals surface area contributed by atoms with Crippen LogP contribution >= 0.6 is 0 Å². The number of rotatable bonds is 4. The van der Waals surface area contributed by atoms with Gasteiger partial charge in [-0.15, -0.1) is 5.10 Å². The number of hydrogen-bond acceptors (Lipinski definition) is 7. The fraction of sp³-hybridized carbons (Fsp3) is 0.533. The van der Waals surface area contributed by atoms with E-state index in [0.717, 1.165) is 12.1 Å². The van der Waals surface area contributed by atoms with Crippen LogP contribution in [0.25, 0.3) is 0 Å². The van der Waals surface area contributed by atoms with Crippen LogP contribution in [0.1, 0.15) is 30.0 Å². The third-order valence-electron chi connectivity index (χ3n) is 3.97. The average Bonchev–Trinajstić information content (AvgIpc) is 2.89. The maximum absolute atomic E-state index is 12.9. The van der Waals surface area contributed by atoms with Gasteiger partial charge in [-0.3, -0.25) is 0 Å². The van der Waals surface area contributed by atoms with Crippen molar-refractivity contribution in [2.75, 3.05) is 13.1 Å². The van der Waals surface area contributed by atoms with Crippen LogP contribution in [0, 0.1) is 20.8 Å². The van der Waals surface area contributed by atoms with Crippen molar-refractivity contribution in [1.29, 1.82) is 0 Å². The van der Waals surface area contributed by atoms with Crippen molar-refractivity contribution in [1.82, 2.24) is 19.7 Å². The lowest BCUT2D eigenvalue weighted by Crippen LogP contribution is -2.44. The van der Waals surface area contributed by atoms with Crippen LogP contribution in [0.2, 0.25) is 0 Å². The summed E-state index contributed by atoms with van der Waals surface area (Å²) in [7, 11) is -3.65. The van der Waals surface area contributed by atoms with Gasteiger partial charge in [0.05, 0.1) is 12.2 Å². The van der Waals surface area contributed by atoms with Gasteiger partial charge < -0.3 is 9.26 Å². The zero-order valence-electron chi connectivity index (χ0n) is 13.9. The summed E-state index contributed by atoms with van der Waals surface area (Å²) in [6.07, 6.45) is 1.22. The molecule has 0 bridgehead atoms. The van der Waals surface area contributed by atoms with Gasteiger partial charge in [0.1, 0.15) is 16.7 Å². The van der Waals surface area contributed by atoms with Crippen LogP contribution in [-0.2, 0) is 10.0 Å². The summed E-state index contributed by atoms with van der Waals surface area (Å²) in [5.74, 6) is 0.710. The highest BCUT2D eigenvalue weighted by Gasteiger charge is 2.35. The number of nitrogens with zero attached hydrogens (tertiary/aromatic N) is 4. The number of ether oxygens (including phenoxy) is 1. The van der Waals surface area contributed by atoms with Crippen LogP contribution in [0.4, 0.5) is 0 Å². The first kappa shape index (κ1) is 16.8. The first-order valence-corrected chi connectivity index (χ1v) is 9.22. The molecule has 0 N–H and O–H groups in total. The maximum atomic E-state index is 12.9. The van der Waals surface area contributed by atoms with Gasteiger partial charge in [-0.25, -0.2) is 8.42 Å². The summed E-state index contributed by atoms with van der Waals surface area (Å²) >= 11 is 0. The van der Waals surface area contributed by atoms with E-state index in [4.69, 9.17) is 9.26 Å². The molecule has 0 radical (unpaired) electrons. The van der Waals surface area contributed by atoms with Gasteiger partial charge in [0, 0.05) is 12.6 Å². The normalized spacial score (nSPS) is 19.4. The minimum atomic E-state index is -3.65. The molecule has 1 aliphatic rings. The molecule has 0 saturated carbocycles. The first-order chi connectivity index (χ1) is 11.4. The van der Waals surface area contributed by atoms with Crippen molar-refractivity contribution in [3.63, 3.8) is 0 Å². The first-order valence-electron chi connectivity index (χ1n) is 7.78. The highest BCUT2D eigenvalue weighted by molar-refractivity contribution is 7.89. The summed E-state index contributed by atoms with van der Waals surface area (Å²) in [6, 6.07) is 3.55. The fourth-order valence-corrected chi connectivity index (χ4v) is 4.61. The second kappa shape index (κ2) is 6.48. The SMILES string of the molecule is Cc1ccc(OC2CCCN(S(=O)(=O)c3c(C)noc3C)C2)nn1. The minimum Gasteiger partial charge on any atom is -0.472 e. The number of piperidine rings is 1. The van der Waals surface area contributed by atoms with Gasteiger partial charge >= 0.3 is 0 Å². The van der Waals surface area contributed by atoms with E-state index in [0.29, 0.717) is 30.3 Å². The van der Waals surface area contributed by atoms with Crippen molar-refractivity contribution >= 4 is 10.0 Å². The van der Waals surface area contributed by atoms with Crippen molar-refractivity contribution in [3.8, 4) is 5.88 Å². The Morgan fingerprint density at radius 2 is 2.04 bits per heavy atom. The van der Waals surface area contributed by atoms with Gasteiger partial charge in [0.15, 0.2) is 5.76 Å². The average molecular weight is 352 g/mol. The van der Waals surface area contributed by atoms with E-state index in [1.165, 1.54) is 4.31 Å². The van der Waals surface area contributed by atoms with E-state index >= 15 is 0 Å². The summed E-state index contributed by atoms with van der Waals surface area (Å²) in [6.45, 7) is 5.79. The van der Waals surface area contributed by atoms with Crippen LogP contribution in [-0.4, -0.2) is 47.3 Å². The molecule has 0 spiro atoms. The highest BCUT2D eigenvalue weighted by Crippen LogP contribution is 2.27. The quantitative estimate of drug-likeness (QED) is 0.824. The second-order valence-electron chi connectivity index (χ2n) is 5.91. The molecule has 1 saturated heterocycles. The van der Waals surface area contributed by atoms with Crippen molar-refractivity contribution in [2.24, 2.45) is 0 Å². The number of aryl methyl sites for hydroxylation is 3. The summed E-state index contributed by atoms with van der Waals surface area (Å²) in [5, 5.41) is 11.7. The van der Waals surface area contributed by atoms with E-state index in [1.54, 1.807) is 19.9 Å². The Balaban J connectivity index is 1.77. The molecule has 3 heterocycles. The van der Waals surface area contributed by atoms with Crippen LogP contribution in [0.5, 0.6) is 5.88 Å². The van der Waals surface area contributed by atoms with Gasteiger partial charge in [0.2, 0.25) is 15.9 Å². The molecule has 0 aromatic carbocycles. The van der Waals surface area contributed by atoms with Crippen molar-refractivity contribution < 1.29 is 17.7 Å². The van der Waals surface area contributed by atoms with Crippen LogP contribution < -0.4 is 4.74 Å². The predicted molar refractivity (Wildman–Crippen MR) is 85.2 cm³/mol. The third-order valence-corrected chi connectivity index (χ3v) is 6.08. The molecule has 9 heteroatoms. The molecule has 130 valence electrons. The molecule has 1 atom stereocenters. The van der Waals surface area contributed by atoms with E-state index in [2.05, 4.69) is 15.4 Å². The van der Waals surface area contributed by atoms with Gasteiger partial charge in [0.25, 0.3) is 0 Å². The van der Waals surface area contributed by atoms with E-state index in [1.807, 2.05) is 13.0 Å². The summed E-state index contributed by atoms with van der Waals surface area (Å²) in [5.41, 5.74) is 1.17. The molecule has 2 aromatic heterocycles. The third kappa shape index (κ3) is 3.27. The molecule has 2 aromatic rings. The maximum Gasteiger partial charge on any atom is 0.248 e. The molecule has 8 nitrogen and oxygen atoms in total. The van der Waals surface area contributed by atoms with E-state index in [-0.39, 0.29) is 17.5 Å². The van der Waals surface area contributed by atoms with Crippen molar-refractivity contribution in [2.45, 2.75) is 44.6 Å². The molecule has 0 amide bonds. The molecule has 3 rings (SSSR count). The second-order valence-corrected chi connectivity index (χ2v) is 7.79. The summed E-state index contributed by atoms with van der Waals surface area (Å²) < 4.78 is 38.0. The van der Waals surface area contributed by atoms with Gasteiger partial charge in [-0.05, 0) is 39.7 Å². The topological polar surface area (TPSA) is 98.4 Å². The lowest BCUT2D eigenvalue weighted by atomic mass is 10.1. The van der Waals surface area contributed by atoms with Crippen molar-refractivity contribution in [3.05, 3.63) is 29.3 Å². The minimum absolute atomic E-state index is 0.151. The number of sulfonamides is 1. The molecule has 24 heavy (non-hydrogen) atoms. The standard InChI is InChI=1S/C15H20N4O4S/c1-10-6-7-14(17-16-10)22-13-5-4-8-19(9-13)24(20,21)15-11(2)18-23-12(15)3/h6-7,13H,4-5,8-9H2,1-3H3. The lowest BCUT2D eigenvalue weighted by molar-refractivity contribution is 0.123. The Morgan fingerprint density at radius 3 is 2.67 bits per heavy atom. The molecule has 1 unspecified atom stereocenters. The lowest BCUT2D eigenvalue weighted by Gasteiger charge is -2.31. The Labute approximate surface area is 140 Å². The van der Waals surface area contributed by atoms with Crippen LogP contribution in [0.3, 0.4) is 0 Å². The number of aromatic nitrogens is 3. The largest absolute Gasteiger partial charge is 0.472 e. The number of hydrogen-bond donors (Lipinski definition) is 0. The monoisotopic (exact) mass is 352 g/mol. The Morgan fingerprint density at radius 1 is 1.25 bits per heavy atom. The molecule has 1 fully saturated rings. The molecule has 1 aliphatic heterocycles. The summed E-state index contributed by atoms with van der Waals surface area (Å²) in [4.78, 5) is 0.151. The Bertz CT molecular complexity index is 797. The predicted octanol–water partition coefficient (Wildman–Crippen LogP) is 1.62. The fourth-order valence-electron chi connectivity index (χ4n) is 2.81. The van der Waals surface area contributed by atoms with E-state index < -0.39 is 10.0 Å².